The Balaban J connectivity index is 1.30. The molecule has 0 radical (unpaired) electrons. The zero-order chi connectivity index (χ0) is 22.9. The molecule has 0 aromatic heterocycles. The van der Waals surface area contributed by atoms with E-state index in [1.807, 2.05) is 23.1 Å². The molecule has 5 heteroatoms. The Morgan fingerprint density at radius 3 is 2.45 bits per heavy atom. The summed E-state index contributed by atoms with van der Waals surface area (Å²) in [7, 11) is 0. The number of hydrogen-bond acceptors (Lipinski definition) is 4. The van der Waals surface area contributed by atoms with Crippen LogP contribution >= 0.6 is 0 Å². The summed E-state index contributed by atoms with van der Waals surface area (Å²) >= 11 is 0. The fourth-order valence-electron chi connectivity index (χ4n) is 5.80. The van der Waals surface area contributed by atoms with Gasteiger partial charge >= 0.3 is 0 Å². The molecule has 0 bridgehead atoms. The summed E-state index contributed by atoms with van der Waals surface area (Å²) in [6.45, 7) is 7.59. The van der Waals surface area contributed by atoms with Crippen LogP contribution in [0.2, 0.25) is 0 Å². The minimum absolute atomic E-state index is 0.0918. The van der Waals surface area contributed by atoms with E-state index >= 15 is 0 Å². The van der Waals surface area contributed by atoms with Gasteiger partial charge in [-0.15, -0.1) is 0 Å². The van der Waals surface area contributed by atoms with Crippen molar-refractivity contribution < 1.29 is 9.59 Å². The maximum Gasteiger partial charge on any atom is 0.225 e. The van der Waals surface area contributed by atoms with Gasteiger partial charge in [-0.2, -0.15) is 5.26 Å². The molecule has 2 fully saturated rings. The first-order valence-electron chi connectivity index (χ1n) is 11.9. The summed E-state index contributed by atoms with van der Waals surface area (Å²) in [6, 6.07) is 14.1. The SMILES string of the molecule is CC1(C)C2=C(C(=O)c3ccc(N4CCN(C(=O)C5CC5)CC4)cc31)c1ccc(C#N)cc1C2. The number of nitriles is 1. The van der Waals surface area contributed by atoms with Crippen molar-refractivity contribution in [1.82, 2.24) is 4.90 Å². The number of rotatable bonds is 2. The van der Waals surface area contributed by atoms with E-state index in [0.717, 1.165) is 78.1 Å². The topological polar surface area (TPSA) is 64.4 Å². The predicted molar refractivity (Wildman–Crippen MR) is 127 cm³/mol. The van der Waals surface area contributed by atoms with Crippen LogP contribution in [0.25, 0.3) is 5.57 Å². The van der Waals surface area contributed by atoms with Crippen molar-refractivity contribution in [1.29, 1.82) is 5.26 Å². The van der Waals surface area contributed by atoms with Crippen molar-refractivity contribution >= 4 is 23.0 Å². The lowest BCUT2D eigenvalue weighted by molar-refractivity contribution is -0.132. The van der Waals surface area contributed by atoms with Crippen LogP contribution in [0.5, 0.6) is 0 Å². The minimum atomic E-state index is -0.274. The van der Waals surface area contributed by atoms with Crippen molar-refractivity contribution in [3.8, 4) is 6.07 Å². The molecule has 1 heterocycles. The van der Waals surface area contributed by atoms with Crippen LogP contribution in [0.4, 0.5) is 5.69 Å². The number of fused-ring (bicyclic) bond motifs is 3. The van der Waals surface area contributed by atoms with Crippen molar-refractivity contribution in [2.75, 3.05) is 31.1 Å². The molecule has 0 unspecified atom stereocenters. The number of benzene rings is 2. The molecular weight excluding hydrogens is 410 g/mol. The molecule has 1 saturated carbocycles. The summed E-state index contributed by atoms with van der Waals surface area (Å²) < 4.78 is 0. The molecule has 0 N–H and O–H groups in total. The standard InChI is InChI=1S/C28H27N3O2/c1-28(2)23-15-20(30-9-11-31(12-10-30)27(33)18-4-5-18)6-8-22(23)26(32)25-21-7-3-17(16-29)13-19(21)14-24(25)28/h3,6-8,13,15,18H,4-5,9-12,14H2,1-2H3. The van der Waals surface area contributed by atoms with E-state index < -0.39 is 0 Å². The lowest BCUT2D eigenvalue weighted by Crippen LogP contribution is -2.49. The maximum atomic E-state index is 13.6. The van der Waals surface area contributed by atoms with Gasteiger partial charge in [0, 0.05) is 54.3 Å². The number of hydrogen-bond donors (Lipinski definition) is 0. The van der Waals surface area contributed by atoms with Gasteiger partial charge in [0.1, 0.15) is 0 Å². The molecule has 2 aromatic carbocycles. The number of nitrogens with zero attached hydrogens (tertiary/aromatic N) is 3. The molecule has 1 aliphatic heterocycles. The van der Waals surface area contributed by atoms with Gasteiger partial charge in [0.05, 0.1) is 11.6 Å². The fraction of sp³-hybridized carbons (Fsp3) is 0.393. The minimum Gasteiger partial charge on any atom is -0.368 e. The van der Waals surface area contributed by atoms with Crippen LogP contribution in [-0.2, 0) is 16.6 Å². The molecule has 6 rings (SSSR count). The van der Waals surface area contributed by atoms with Crippen LogP contribution in [0.15, 0.2) is 42.0 Å². The Labute approximate surface area is 194 Å². The molecule has 4 aliphatic rings. The molecule has 166 valence electrons. The van der Waals surface area contributed by atoms with E-state index in [-0.39, 0.29) is 17.1 Å². The average molecular weight is 438 g/mol. The molecule has 0 spiro atoms. The third-order valence-electron chi connectivity index (χ3n) is 7.96. The van der Waals surface area contributed by atoms with Gasteiger partial charge in [-0.05, 0) is 71.9 Å². The lowest BCUT2D eigenvalue weighted by Gasteiger charge is -2.38. The highest BCUT2D eigenvalue weighted by molar-refractivity contribution is 6.33. The summed E-state index contributed by atoms with van der Waals surface area (Å²) in [6.07, 6.45) is 2.81. The highest BCUT2D eigenvalue weighted by Gasteiger charge is 2.43. The van der Waals surface area contributed by atoms with Crippen molar-refractivity contribution in [2.24, 2.45) is 5.92 Å². The second-order valence-electron chi connectivity index (χ2n) is 10.3. The molecule has 1 saturated heterocycles. The van der Waals surface area contributed by atoms with E-state index in [1.54, 1.807) is 6.07 Å². The van der Waals surface area contributed by atoms with E-state index in [4.69, 9.17) is 0 Å². The number of Topliss-reactive ketones (excluding diaryl/α,β-unsaturated/α-hetero) is 1. The summed E-state index contributed by atoms with van der Waals surface area (Å²) in [5, 5.41) is 9.30. The normalized spacial score (nSPS) is 20.8. The van der Waals surface area contributed by atoms with Gasteiger partial charge in [0.25, 0.3) is 0 Å². The molecule has 1 amide bonds. The van der Waals surface area contributed by atoms with Gasteiger partial charge in [0.15, 0.2) is 5.78 Å². The maximum absolute atomic E-state index is 13.6. The van der Waals surface area contributed by atoms with Crippen LogP contribution in [-0.4, -0.2) is 42.8 Å². The highest BCUT2D eigenvalue weighted by Crippen LogP contribution is 2.50. The second-order valence-corrected chi connectivity index (χ2v) is 10.3. The van der Waals surface area contributed by atoms with E-state index in [9.17, 15) is 14.9 Å². The molecule has 2 aromatic rings. The van der Waals surface area contributed by atoms with Crippen LogP contribution in [0.1, 0.15) is 59.3 Å². The number of allylic oxidation sites excluding steroid dienone is 2. The van der Waals surface area contributed by atoms with E-state index in [1.165, 1.54) is 0 Å². The number of amides is 1. The molecular formula is C28H27N3O2. The number of carbonyl (C=O) groups excluding carboxylic acids is 2. The van der Waals surface area contributed by atoms with Gasteiger partial charge in [-0.25, -0.2) is 0 Å². The molecule has 0 atom stereocenters. The number of ketones is 1. The van der Waals surface area contributed by atoms with Crippen molar-refractivity contribution in [3.63, 3.8) is 0 Å². The lowest BCUT2D eigenvalue weighted by atomic mass is 9.68. The van der Waals surface area contributed by atoms with Crippen LogP contribution < -0.4 is 4.90 Å². The summed E-state index contributed by atoms with van der Waals surface area (Å²) in [4.78, 5) is 30.4. The fourth-order valence-corrected chi connectivity index (χ4v) is 5.80. The Kier molecular flexibility index (Phi) is 4.32. The molecule has 33 heavy (non-hydrogen) atoms. The highest BCUT2D eigenvalue weighted by atomic mass is 16.2. The number of carbonyl (C=O) groups is 2. The number of piperazine rings is 1. The Morgan fingerprint density at radius 2 is 1.76 bits per heavy atom. The smallest absolute Gasteiger partial charge is 0.225 e. The zero-order valence-corrected chi connectivity index (χ0v) is 19.1. The molecule has 5 nitrogen and oxygen atoms in total. The van der Waals surface area contributed by atoms with Gasteiger partial charge in [-0.3, -0.25) is 9.59 Å². The Morgan fingerprint density at radius 1 is 1.03 bits per heavy atom. The van der Waals surface area contributed by atoms with Crippen molar-refractivity contribution in [3.05, 3.63) is 69.8 Å². The summed E-state index contributed by atoms with van der Waals surface area (Å²) in [5.74, 6) is 0.690. The third kappa shape index (κ3) is 3.04. The monoisotopic (exact) mass is 437 g/mol. The van der Waals surface area contributed by atoms with Gasteiger partial charge in [0.2, 0.25) is 5.91 Å². The van der Waals surface area contributed by atoms with Crippen LogP contribution in [0, 0.1) is 17.2 Å². The largest absolute Gasteiger partial charge is 0.368 e. The predicted octanol–water partition coefficient (Wildman–Crippen LogP) is 4.10. The summed E-state index contributed by atoms with van der Waals surface area (Å²) in [5.41, 5.74) is 7.38. The number of anilines is 1. The molecule has 3 aliphatic carbocycles. The van der Waals surface area contributed by atoms with Gasteiger partial charge in [-0.1, -0.05) is 19.9 Å². The first-order valence-corrected chi connectivity index (χ1v) is 11.9. The third-order valence-corrected chi connectivity index (χ3v) is 7.96. The zero-order valence-electron chi connectivity index (χ0n) is 19.1. The van der Waals surface area contributed by atoms with E-state index in [2.05, 4.69) is 36.9 Å². The average Bonchev–Trinajstić information content (AvgIpc) is 3.61. The van der Waals surface area contributed by atoms with E-state index in [0.29, 0.717) is 17.9 Å². The Hall–Kier alpha value is -3.39. The quantitative estimate of drug-likeness (QED) is 0.710. The Bertz CT molecular complexity index is 1280. The van der Waals surface area contributed by atoms with Crippen LogP contribution in [0.3, 0.4) is 0 Å². The van der Waals surface area contributed by atoms with Gasteiger partial charge < -0.3 is 9.80 Å². The second kappa shape index (κ2) is 7.05. The van der Waals surface area contributed by atoms with Crippen molar-refractivity contribution in [2.45, 2.75) is 38.5 Å². The first-order chi connectivity index (χ1) is 15.9. The first kappa shape index (κ1) is 20.2.